The summed E-state index contributed by atoms with van der Waals surface area (Å²) < 4.78 is 10.2. The van der Waals surface area contributed by atoms with Gasteiger partial charge in [-0.1, -0.05) is 24.3 Å². The molecule has 18 heavy (non-hydrogen) atoms. The van der Waals surface area contributed by atoms with E-state index < -0.39 is 0 Å². The average molecular weight is 247 g/mol. The van der Waals surface area contributed by atoms with E-state index in [1.807, 2.05) is 43.3 Å². The Morgan fingerprint density at radius 1 is 1.39 bits per heavy atom. The van der Waals surface area contributed by atoms with Crippen molar-refractivity contribution in [2.24, 2.45) is 0 Å². The van der Waals surface area contributed by atoms with Crippen molar-refractivity contribution in [1.82, 2.24) is 4.90 Å². The second-order valence-electron chi connectivity index (χ2n) is 4.00. The molecule has 1 aliphatic heterocycles. The van der Waals surface area contributed by atoms with Crippen LogP contribution in [0.1, 0.15) is 18.5 Å². The van der Waals surface area contributed by atoms with Gasteiger partial charge in [-0.2, -0.15) is 0 Å². The molecule has 1 amide bonds. The smallest absolute Gasteiger partial charge is 0.410 e. The van der Waals surface area contributed by atoms with Crippen molar-refractivity contribution in [3.05, 3.63) is 42.0 Å². The predicted octanol–water partition coefficient (Wildman–Crippen LogP) is 2.76. The van der Waals surface area contributed by atoms with Crippen LogP contribution in [0.25, 0.3) is 0 Å². The Balaban J connectivity index is 2.14. The lowest BCUT2D eigenvalue weighted by atomic mass is 10.1. The maximum atomic E-state index is 11.8. The Labute approximate surface area is 107 Å². The second-order valence-corrected chi connectivity index (χ2v) is 4.00. The fraction of sp³-hybridized carbons (Fsp3) is 0.357. The molecule has 4 nitrogen and oxygen atoms in total. The van der Waals surface area contributed by atoms with Crippen molar-refractivity contribution < 1.29 is 14.3 Å². The molecule has 0 aliphatic carbocycles. The van der Waals surface area contributed by atoms with Gasteiger partial charge in [-0.3, -0.25) is 4.90 Å². The number of carbonyl (C=O) groups excluding carboxylic acids is 1. The van der Waals surface area contributed by atoms with Crippen molar-refractivity contribution in [3.8, 4) is 5.75 Å². The summed E-state index contributed by atoms with van der Waals surface area (Å²) in [6, 6.07) is 7.67. The Bertz CT molecular complexity index is 439. The van der Waals surface area contributed by atoms with Crippen molar-refractivity contribution in [2.45, 2.75) is 13.0 Å². The second kappa shape index (κ2) is 5.58. The number of rotatable bonds is 3. The van der Waals surface area contributed by atoms with Crippen LogP contribution >= 0.6 is 0 Å². The summed E-state index contributed by atoms with van der Waals surface area (Å²) in [4.78, 5) is 13.5. The summed E-state index contributed by atoms with van der Waals surface area (Å²) in [6.45, 7) is 2.80. The number of hydrogen-bond donors (Lipinski definition) is 0. The van der Waals surface area contributed by atoms with Crippen LogP contribution < -0.4 is 4.74 Å². The monoisotopic (exact) mass is 247 g/mol. The third-order valence-electron chi connectivity index (χ3n) is 2.92. The Hall–Kier alpha value is -1.97. The van der Waals surface area contributed by atoms with E-state index in [9.17, 15) is 4.79 Å². The standard InChI is InChI=1S/C14H17NO3/c1-3-18-14(16)15-10-4-5-13(15)11-6-8-12(17-2)9-7-11/h4-9,13H,3,10H2,1-2H3. The van der Waals surface area contributed by atoms with Gasteiger partial charge in [-0.25, -0.2) is 4.79 Å². The molecule has 0 saturated carbocycles. The van der Waals surface area contributed by atoms with E-state index in [1.165, 1.54) is 0 Å². The fourth-order valence-corrected chi connectivity index (χ4v) is 2.01. The highest BCUT2D eigenvalue weighted by Gasteiger charge is 2.26. The summed E-state index contributed by atoms with van der Waals surface area (Å²) >= 11 is 0. The van der Waals surface area contributed by atoms with E-state index >= 15 is 0 Å². The van der Waals surface area contributed by atoms with Gasteiger partial charge in [-0.05, 0) is 24.6 Å². The number of hydrogen-bond acceptors (Lipinski definition) is 3. The van der Waals surface area contributed by atoms with Crippen LogP contribution in [-0.2, 0) is 4.74 Å². The summed E-state index contributed by atoms with van der Waals surface area (Å²) in [6.07, 6.45) is 3.72. The van der Waals surface area contributed by atoms with Gasteiger partial charge in [0.05, 0.1) is 19.8 Å². The van der Waals surface area contributed by atoms with E-state index in [4.69, 9.17) is 9.47 Å². The van der Waals surface area contributed by atoms with E-state index in [-0.39, 0.29) is 12.1 Å². The molecule has 0 spiro atoms. The van der Waals surface area contributed by atoms with Crippen molar-refractivity contribution in [1.29, 1.82) is 0 Å². The van der Waals surface area contributed by atoms with Crippen molar-refractivity contribution in [3.63, 3.8) is 0 Å². The van der Waals surface area contributed by atoms with Crippen LogP contribution in [0.15, 0.2) is 36.4 Å². The number of carbonyl (C=O) groups is 1. The maximum absolute atomic E-state index is 11.8. The molecular formula is C14H17NO3. The molecule has 0 bridgehead atoms. The van der Waals surface area contributed by atoms with Crippen LogP contribution in [-0.4, -0.2) is 31.3 Å². The minimum Gasteiger partial charge on any atom is -0.497 e. The fourth-order valence-electron chi connectivity index (χ4n) is 2.01. The van der Waals surface area contributed by atoms with Gasteiger partial charge in [0.25, 0.3) is 0 Å². The molecule has 4 heteroatoms. The highest BCUT2D eigenvalue weighted by atomic mass is 16.6. The van der Waals surface area contributed by atoms with Crippen molar-refractivity contribution in [2.75, 3.05) is 20.3 Å². The maximum Gasteiger partial charge on any atom is 0.410 e. The largest absolute Gasteiger partial charge is 0.497 e. The summed E-state index contributed by atoms with van der Waals surface area (Å²) in [5.41, 5.74) is 1.05. The van der Waals surface area contributed by atoms with Gasteiger partial charge >= 0.3 is 6.09 Å². The third-order valence-corrected chi connectivity index (χ3v) is 2.92. The first-order chi connectivity index (χ1) is 8.76. The Kier molecular flexibility index (Phi) is 3.87. The van der Waals surface area contributed by atoms with Gasteiger partial charge in [-0.15, -0.1) is 0 Å². The van der Waals surface area contributed by atoms with Crippen LogP contribution in [0, 0.1) is 0 Å². The summed E-state index contributed by atoms with van der Waals surface area (Å²) in [7, 11) is 1.63. The lowest BCUT2D eigenvalue weighted by Gasteiger charge is -2.24. The first kappa shape index (κ1) is 12.5. The van der Waals surface area contributed by atoms with Gasteiger partial charge < -0.3 is 9.47 Å². The van der Waals surface area contributed by atoms with Crippen LogP contribution in [0.5, 0.6) is 5.75 Å². The summed E-state index contributed by atoms with van der Waals surface area (Å²) in [5.74, 6) is 0.809. The third kappa shape index (κ3) is 2.47. The normalized spacial score (nSPS) is 17.9. The molecule has 0 aromatic heterocycles. The van der Waals surface area contributed by atoms with Gasteiger partial charge in [0.15, 0.2) is 0 Å². The molecule has 1 aromatic carbocycles. The van der Waals surface area contributed by atoms with Crippen LogP contribution in [0.2, 0.25) is 0 Å². The zero-order valence-corrected chi connectivity index (χ0v) is 10.6. The number of benzene rings is 1. The first-order valence-corrected chi connectivity index (χ1v) is 6.00. The number of methoxy groups -OCH3 is 1. The molecule has 1 atom stereocenters. The first-order valence-electron chi connectivity index (χ1n) is 6.00. The Morgan fingerprint density at radius 3 is 2.72 bits per heavy atom. The number of nitrogens with zero attached hydrogens (tertiary/aromatic N) is 1. The lowest BCUT2D eigenvalue weighted by molar-refractivity contribution is 0.106. The average Bonchev–Trinajstić information content (AvgIpc) is 2.88. The molecule has 96 valence electrons. The topological polar surface area (TPSA) is 38.8 Å². The highest BCUT2D eigenvalue weighted by molar-refractivity contribution is 5.69. The molecule has 1 aromatic rings. The SMILES string of the molecule is CCOC(=O)N1CC=CC1c1ccc(OC)cc1. The molecule has 0 N–H and O–H groups in total. The molecular weight excluding hydrogens is 230 g/mol. The quantitative estimate of drug-likeness (QED) is 0.771. The zero-order chi connectivity index (χ0) is 13.0. The molecule has 2 rings (SSSR count). The Morgan fingerprint density at radius 2 is 2.11 bits per heavy atom. The van der Waals surface area contributed by atoms with E-state index in [2.05, 4.69) is 0 Å². The van der Waals surface area contributed by atoms with E-state index in [0.29, 0.717) is 13.2 Å². The number of ether oxygens (including phenoxy) is 2. The van der Waals surface area contributed by atoms with Crippen LogP contribution in [0.3, 0.4) is 0 Å². The molecule has 0 radical (unpaired) electrons. The zero-order valence-electron chi connectivity index (χ0n) is 10.6. The lowest BCUT2D eigenvalue weighted by Crippen LogP contribution is -2.31. The molecule has 1 heterocycles. The van der Waals surface area contributed by atoms with Crippen LogP contribution in [0.4, 0.5) is 4.79 Å². The minimum absolute atomic E-state index is 0.0463. The predicted molar refractivity (Wildman–Crippen MR) is 68.6 cm³/mol. The number of amides is 1. The highest BCUT2D eigenvalue weighted by Crippen LogP contribution is 2.28. The molecule has 0 saturated heterocycles. The summed E-state index contributed by atoms with van der Waals surface area (Å²) in [5, 5.41) is 0. The van der Waals surface area contributed by atoms with Crippen molar-refractivity contribution >= 4 is 6.09 Å². The molecule has 1 unspecified atom stereocenters. The van der Waals surface area contributed by atoms with Gasteiger partial charge in [0, 0.05) is 6.54 Å². The van der Waals surface area contributed by atoms with Gasteiger partial charge in [0.2, 0.25) is 0 Å². The van der Waals surface area contributed by atoms with Gasteiger partial charge in [0.1, 0.15) is 5.75 Å². The van der Waals surface area contributed by atoms with E-state index in [0.717, 1.165) is 11.3 Å². The minimum atomic E-state index is -0.275. The van der Waals surface area contributed by atoms with E-state index in [1.54, 1.807) is 12.0 Å². The molecule has 1 aliphatic rings. The molecule has 0 fully saturated rings.